The van der Waals surface area contributed by atoms with Gasteiger partial charge in [0.25, 0.3) is 0 Å². The van der Waals surface area contributed by atoms with E-state index in [4.69, 9.17) is 4.74 Å². The molecule has 0 bridgehead atoms. The van der Waals surface area contributed by atoms with Crippen LogP contribution in [-0.2, 0) is 14.3 Å². The molecule has 4 heteroatoms. The average Bonchev–Trinajstić information content (AvgIpc) is 2.13. The Morgan fingerprint density at radius 2 is 2.08 bits per heavy atom. The van der Waals surface area contributed by atoms with Gasteiger partial charge in [0.05, 0.1) is 13.0 Å². The molecule has 76 valence electrons. The number of hydrogen-bond acceptors (Lipinski definition) is 3. The van der Waals surface area contributed by atoms with E-state index < -0.39 is 24.3 Å². The Morgan fingerprint density at radius 1 is 1.46 bits per heavy atom. The van der Waals surface area contributed by atoms with E-state index >= 15 is 0 Å². The van der Waals surface area contributed by atoms with Gasteiger partial charge in [0.2, 0.25) is 0 Å². The van der Waals surface area contributed by atoms with Gasteiger partial charge in [-0.25, -0.2) is 4.39 Å². The Bertz CT molecular complexity index is 180. The lowest BCUT2D eigenvalue weighted by atomic mass is 10.0. The van der Waals surface area contributed by atoms with Crippen molar-refractivity contribution < 1.29 is 18.7 Å². The molecule has 1 atom stereocenters. The van der Waals surface area contributed by atoms with Crippen molar-refractivity contribution in [2.24, 2.45) is 5.92 Å². The summed E-state index contributed by atoms with van der Waals surface area (Å²) in [7, 11) is 0. The van der Waals surface area contributed by atoms with Gasteiger partial charge < -0.3 is 4.74 Å². The SMILES string of the molecule is CCCOC(=O)CC(C)C(=O)CF. The summed E-state index contributed by atoms with van der Waals surface area (Å²) in [5, 5.41) is 0. The summed E-state index contributed by atoms with van der Waals surface area (Å²) >= 11 is 0. The average molecular weight is 190 g/mol. The third-order valence-electron chi connectivity index (χ3n) is 1.62. The third kappa shape index (κ3) is 5.33. The first kappa shape index (κ1) is 12.1. The maximum atomic E-state index is 11.8. The molecule has 0 N–H and O–H groups in total. The summed E-state index contributed by atoms with van der Waals surface area (Å²) in [6, 6.07) is 0. The Morgan fingerprint density at radius 3 is 2.54 bits per heavy atom. The van der Waals surface area contributed by atoms with E-state index in [9.17, 15) is 14.0 Å². The van der Waals surface area contributed by atoms with E-state index in [0.29, 0.717) is 6.61 Å². The maximum Gasteiger partial charge on any atom is 0.306 e. The molecule has 13 heavy (non-hydrogen) atoms. The summed E-state index contributed by atoms with van der Waals surface area (Å²) in [5.41, 5.74) is 0. The Kier molecular flexibility index (Phi) is 6.10. The fourth-order valence-electron chi connectivity index (χ4n) is 0.770. The van der Waals surface area contributed by atoms with Gasteiger partial charge in [0.1, 0.15) is 6.67 Å². The fourth-order valence-corrected chi connectivity index (χ4v) is 0.770. The van der Waals surface area contributed by atoms with Crippen LogP contribution in [0.2, 0.25) is 0 Å². The van der Waals surface area contributed by atoms with Crippen LogP contribution in [0.3, 0.4) is 0 Å². The highest BCUT2D eigenvalue weighted by atomic mass is 19.1. The molecule has 0 aromatic rings. The molecule has 0 saturated heterocycles. The van der Waals surface area contributed by atoms with Crippen LogP contribution >= 0.6 is 0 Å². The highest BCUT2D eigenvalue weighted by molar-refractivity contribution is 5.85. The minimum atomic E-state index is -1.01. The lowest BCUT2D eigenvalue weighted by Gasteiger charge is -2.07. The van der Waals surface area contributed by atoms with Crippen molar-refractivity contribution in [1.29, 1.82) is 0 Å². The molecule has 0 aliphatic heterocycles. The first-order valence-electron chi connectivity index (χ1n) is 4.36. The number of ether oxygens (including phenoxy) is 1. The van der Waals surface area contributed by atoms with Crippen molar-refractivity contribution in [3.63, 3.8) is 0 Å². The van der Waals surface area contributed by atoms with Gasteiger partial charge in [-0.15, -0.1) is 0 Å². The summed E-state index contributed by atoms with van der Waals surface area (Å²) in [6.45, 7) is 2.75. The van der Waals surface area contributed by atoms with E-state index in [0.717, 1.165) is 6.42 Å². The lowest BCUT2D eigenvalue weighted by molar-refractivity contribution is -0.146. The van der Waals surface area contributed by atoms with E-state index in [1.165, 1.54) is 6.92 Å². The van der Waals surface area contributed by atoms with Crippen LogP contribution in [0.15, 0.2) is 0 Å². The molecule has 3 nitrogen and oxygen atoms in total. The summed E-state index contributed by atoms with van der Waals surface area (Å²) < 4.78 is 16.6. The number of hydrogen-bond donors (Lipinski definition) is 0. The molecular formula is C9H15FO3. The highest BCUT2D eigenvalue weighted by Crippen LogP contribution is 2.05. The minimum absolute atomic E-state index is 0.0250. The molecule has 0 spiro atoms. The first-order chi connectivity index (χ1) is 6.11. The molecule has 0 aliphatic rings. The van der Waals surface area contributed by atoms with Crippen LogP contribution in [-0.4, -0.2) is 25.0 Å². The predicted octanol–water partition coefficient (Wildman–Crippen LogP) is 1.50. The highest BCUT2D eigenvalue weighted by Gasteiger charge is 2.17. The number of carbonyl (C=O) groups is 2. The van der Waals surface area contributed by atoms with Gasteiger partial charge in [0.15, 0.2) is 5.78 Å². The number of rotatable bonds is 6. The molecule has 0 fully saturated rings. The smallest absolute Gasteiger partial charge is 0.306 e. The number of alkyl halides is 1. The Labute approximate surface area is 77.3 Å². The molecule has 0 aromatic heterocycles. The molecule has 0 aromatic carbocycles. The van der Waals surface area contributed by atoms with E-state index in [-0.39, 0.29) is 6.42 Å². The zero-order valence-corrected chi connectivity index (χ0v) is 8.01. The fraction of sp³-hybridized carbons (Fsp3) is 0.778. The van der Waals surface area contributed by atoms with Crippen LogP contribution in [0.1, 0.15) is 26.7 Å². The van der Waals surface area contributed by atoms with Gasteiger partial charge in [-0.2, -0.15) is 0 Å². The van der Waals surface area contributed by atoms with Crippen molar-refractivity contribution >= 4 is 11.8 Å². The van der Waals surface area contributed by atoms with Gasteiger partial charge in [-0.1, -0.05) is 13.8 Å². The number of esters is 1. The zero-order valence-electron chi connectivity index (χ0n) is 8.01. The van der Waals surface area contributed by atoms with Crippen molar-refractivity contribution in [1.82, 2.24) is 0 Å². The van der Waals surface area contributed by atoms with Crippen LogP contribution in [0.25, 0.3) is 0 Å². The quantitative estimate of drug-likeness (QED) is 0.596. The monoisotopic (exact) mass is 190 g/mol. The van der Waals surface area contributed by atoms with Crippen LogP contribution in [0, 0.1) is 5.92 Å². The molecule has 0 heterocycles. The van der Waals surface area contributed by atoms with Gasteiger partial charge in [-0.05, 0) is 6.42 Å². The molecule has 0 rings (SSSR count). The predicted molar refractivity (Wildman–Crippen MR) is 46.0 cm³/mol. The first-order valence-corrected chi connectivity index (χ1v) is 4.36. The Balaban J connectivity index is 3.71. The van der Waals surface area contributed by atoms with Crippen molar-refractivity contribution in [3.8, 4) is 0 Å². The third-order valence-corrected chi connectivity index (χ3v) is 1.62. The second-order valence-electron chi connectivity index (χ2n) is 2.93. The van der Waals surface area contributed by atoms with Crippen molar-refractivity contribution in [2.45, 2.75) is 26.7 Å². The van der Waals surface area contributed by atoms with E-state index in [1.807, 2.05) is 6.92 Å². The second-order valence-corrected chi connectivity index (χ2v) is 2.93. The largest absolute Gasteiger partial charge is 0.466 e. The van der Waals surface area contributed by atoms with Gasteiger partial charge >= 0.3 is 5.97 Å². The number of Topliss-reactive ketones (excluding diaryl/α,β-unsaturated/α-hetero) is 1. The normalized spacial score (nSPS) is 12.2. The van der Waals surface area contributed by atoms with Crippen molar-refractivity contribution in [3.05, 3.63) is 0 Å². The second kappa shape index (κ2) is 6.57. The topological polar surface area (TPSA) is 43.4 Å². The molecule has 0 amide bonds. The molecule has 0 aliphatic carbocycles. The summed E-state index contributed by atoms with van der Waals surface area (Å²) in [5.74, 6) is -1.56. The maximum absolute atomic E-state index is 11.8. The van der Waals surface area contributed by atoms with Gasteiger partial charge in [-0.3, -0.25) is 9.59 Å². The lowest BCUT2D eigenvalue weighted by Crippen LogP contribution is -2.18. The van der Waals surface area contributed by atoms with Gasteiger partial charge in [0, 0.05) is 5.92 Å². The minimum Gasteiger partial charge on any atom is -0.466 e. The van der Waals surface area contributed by atoms with E-state index in [2.05, 4.69) is 0 Å². The van der Waals surface area contributed by atoms with E-state index in [1.54, 1.807) is 0 Å². The summed E-state index contributed by atoms with van der Waals surface area (Å²) in [4.78, 5) is 21.7. The zero-order chi connectivity index (χ0) is 10.3. The molecule has 1 unspecified atom stereocenters. The molecule has 0 radical (unpaired) electrons. The van der Waals surface area contributed by atoms with Crippen LogP contribution in [0.4, 0.5) is 4.39 Å². The van der Waals surface area contributed by atoms with Crippen molar-refractivity contribution in [2.75, 3.05) is 13.3 Å². The number of halogens is 1. The Hall–Kier alpha value is -0.930. The number of ketones is 1. The summed E-state index contributed by atoms with van der Waals surface area (Å²) in [6.07, 6.45) is 0.722. The van der Waals surface area contributed by atoms with Crippen LogP contribution in [0.5, 0.6) is 0 Å². The standard InChI is InChI=1S/C9H15FO3/c1-3-4-13-9(12)5-7(2)8(11)6-10/h7H,3-6H2,1-2H3. The molecule has 0 saturated carbocycles. The molecular weight excluding hydrogens is 175 g/mol. The van der Waals surface area contributed by atoms with Crippen LogP contribution < -0.4 is 0 Å². The number of carbonyl (C=O) groups excluding carboxylic acids is 2.